The van der Waals surface area contributed by atoms with Crippen molar-refractivity contribution >= 4 is 92.9 Å². The van der Waals surface area contributed by atoms with Crippen LogP contribution < -0.4 is 16.0 Å². The monoisotopic (exact) mass is 1640 g/mol. The third-order valence-corrected chi connectivity index (χ3v) is 40.3. The minimum absolute atomic E-state index is 0.0305. The lowest BCUT2D eigenvalue weighted by atomic mass is 10.1. The molecule has 0 spiro atoms. The van der Waals surface area contributed by atoms with Gasteiger partial charge in [-0.1, -0.05) is 181 Å². The van der Waals surface area contributed by atoms with Crippen LogP contribution in [0.25, 0.3) is 0 Å². The van der Waals surface area contributed by atoms with Crippen molar-refractivity contribution in [2.75, 3.05) is 98.4 Å². The van der Waals surface area contributed by atoms with Gasteiger partial charge in [-0.05, 0) is 103 Å². The minimum Gasteiger partial charge on any atom is -0.466 e. The average molecular weight is 1640 g/mol. The van der Waals surface area contributed by atoms with Crippen LogP contribution in [0.15, 0.2) is 91.0 Å². The summed E-state index contributed by atoms with van der Waals surface area (Å²) in [5.41, 5.74) is 2.56. The van der Waals surface area contributed by atoms with Gasteiger partial charge in [0.2, 0.25) is 23.6 Å². The van der Waals surface area contributed by atoms with Crippen LogP contribution >= 0.6 is 0 Å². The Bertz CT molecular complexity index is 3530. The molecule has 4 aliphatic heterocycles. The Morgan fingerprint density at radius 3 is 1.06 bits per heavy atom. The molecule has 1 unspecified atom stereocenters. The number of amides is 7. The molecule has 0 aromatic heterocycles. The fourth-order valence-corrected chi connectivity index (χ4v) is 15.9. The first-order valence-corrected chi connectivity index (χ1v) is 50.7. The Balaban J connectivity index is 0.000000319. The summed E-state index contributed by atoms with van der Waals surface area (Å²) in [6.45, 7) is 54.2. The lowest BCUT2D eigenvalue weighted by Gasteiger charge is -2.40. The number of ketones is 1. The maximum atomic E-state index is 13.0. The number of carbonyl (C=O) groups is 10. The number of carbonyl (C=O) groups excluding carboxylic acids is 10. The molecule has 0 radical (unpaired) electrons. The van der Waals surface area contributed by atoms with Crippen LogP contribution in [0.2, 0.25) is 72.5 Å². The third kappa shape index (κ3) is 31.1. The molecule has 27 nitrogen and oxygen atoms in total. The average Bonchev–Trinajstić information content (AvgIpc) is 1.54. The van der Waals surface area contributed by atoms with Crippen molar-refractivity contribution in [3.05, 3.63) is 108 Å². The normalized spacial score (nSPS) is 19.5. The number of aliphatic hydroxyl groups is 1. The fourth-order valence-electron chi connectivity index (χ4n) is 11.0. The maximum Gasteiger partial charge on any atom is 0.407 e. The van der Waals surface area contributed by atoms with Gasteiger partial charge in [0.05, 0.1) is 38.1 Å². The number of likely N-dealkylation sites (tertiary alicyclic amines) is 4. The molecular formula is C81H133N7O20Si4. The summed E-state index contributed by atoms with van der Waals surface area (Å²) in [5.74, 6) is -3.62. The lowest BCUT2D eigenvalue weighted by Crippen LogP contribution is -2.48. The molecule has 3 aromatic rings. The van der Waals surface area contributed by atoms with E-state index in [1.165, 1.54) is 9.80 Å². The molecule has 3 aromatic carbocycles. The molecule has 4 heterocycles. The van der Waals surface area contributed by atoms with E-state index in [2.05, 4.69) is 151 Å². The van der Waals surface area contributed by atoms with Crippen LogP contribution in [0.4, 0.5) is 14.4 Å². The standard InChI is InChI=1S/C27H48N2O5Si2.C20H43NO3Si2.C17H22N2O6.C17H20N2O6/c1-26(2,3)35(7,8)33-20-22-17-29(18-23(22)34-36(9,10)27(4,5)6)24(30)16-28-25(31)32-19-21-14-12-11-13-15-21;1-12-18(22)21-13-16(15-23-25(8,9)19(2,3)4)17(14-21)24-26(10,11)20(5,6)7;2*1-2-24-16(22)13-9-19(10-14(13)20)15(21)8-18-17(23)25-11-12-6-4-3-5-7-12/h11-15,22-23H,16-20H2,1-10H3,(H,28,31);16-17H,12-15H2,1-11H3;3-7,13-14,20H,2,8-11H2,1H3,(H,18,23);3-7,13H,2,8-11H2,1H3,(H,18,23)/t22-,23-;16-,17-;13-,14+;/m001./s1. The SMILES string of the molecule is CC(C)(C)[Si](C)(C)OC[C@@H]1CN(C(=O)CNC(=O)OCc2ccccc2)C[C@@H]1O[Si](C)(C)C(C)(C)C.CCC(=O)N1C[C@@H](CO[Si](C)(C)C(C)(C)C)[C@@H](O[Si](C)(C)C(C)(C)C)C1.CCOC(=O)C1CN(C(=O)CNC(=O)OCc2ccccc2)CC1=O.CCOC(=O)[C@@H]1CN(C(=O)CNC(=O)OCc2ccccc2)C[C@@H]1O. The number of hydrogen-bond donors (Lipinski definition) is 4. The molecule has 112 heavy (non-hydrogen) atoms. The van der Waals surface area contributed by atoms with E-state index in [9.17, 15) is 53.1 Å². The van der Waals surface area contributed by atoms with Crippen LogP contribution in [-0.4, -0.2) is 234 Å². The molecule has 0 aliphatic carbocycles. The topological polar surface area (TPSA) is 323 Å². The quantitative estimate of drug-likeness (QED) is 0.0238. The number of benzene rings is 3. The second-order valence-electron chi connectivity index (χ2n) is 35.0. The van der Waals surface area contributed by atoms with Gasteiger partial charge in [0.1, 0.15) is 51.3 Å². The Morgan fingerprint density at radius 2 is 0.732 bits per heavy atom. The van der Waals surface area contributed by atoms with E-state index in [1.54, 1.807) is 18.7 Å². The number of aliphatic hydroxyl groups excluding tert-OH is 1. The van der Waals surface area contributed by atoms with E-state index in [1.807, 2.05) is 103 Å². The molecule has 0 bridgehead atoms. The molecule has 4 aliphatic rings. The predicted molar refractivity (Wildman–Crippen MR) is 439 cm³/mol. The van der Waals surface area contributed by atoms with Crippen LogP contribution in [0, 0.1) is 23.7 Å². The van der Waals surface area contributed by atoms with Crippen molar-refractivity contribution in [2.45, 2.75) is 221 Å². The van der Waals surface area contributed by atoms with Crippen molar-refractivity contribution in [1.29, 1.82) is 0 Å². The largest absolute Gasteiger partial charge is 0.466 e. The zero-order valence-corrected chi connectivity index (χ0v) is 75.1. The van der Waals surface area contributed by atoms with Gasteiger partial charge >= 0.3 is 30.2 Å². The van der Waals surface area contributed by atoms with Crippen molar-refractivity contribution in [2.24, 2.45) is 23.7 Å². The van der Waals surface area contributed by atoms with Gasteiger partial charge in [0.25, 0.3) is 0 Å². The highest BCUT2D eigenvalue weighted by Gasteiger charge is 2.49. The molecule has 4 N–H and O–H groups in total. The first-order chi connectivity index (χ1) is 52.0. The summed E-state index contributed by atoms with van der Waals surface area (Å²) in [7, 11) is -7.66. The summed E-state index contributed by atoms with van der Waals surface area (Å²) in [6.07, 6.45) is -2.43. The first kappa shape index (κ1) is 97.0. The number of hydrogen-bond acceptors (Lipinski definition) is 20. The second-order valence-corrected chi connectivity index (χ2v) is 54.1. The van der Waals surface area contributed by atoms with Crippen LogP contribution in [0.5, 0.6) is 0 Å². The van der Waals surface area contributed by atoms with Crippen LogP contribution in [0.3, 0.4) is 0 Å². The van der Waals surface area contributed by atoms with E-state index in [4.69, 9.17) is 41.4 Å². The van der Waals surface area contributed by atoms with Crippen molar-refractivity contribution in [1.82, 2.24) is 35.6 Å². The van der Waals surface area contributed by atoms with E-state index < -0.39 is 93.2 Å². The van der Waals surface area contributed by atoms with Crippen molar-refractivity contribution in [3.8, 4) is 0 Å². The Hall–Kier alpha value is -7.37. The van der Waals surface area contributed by atoms with E-state index in [0.717, 1.165) is 23.2 Å². The number of esters is 2. The summed E-state index contributed by atoms with van der Waals surface area (Å²) in [4.78, 5) is 126. The number of ether oxygens (including phenoxy) is 5. The second kappa shape index (κ2) is 43.4. The number of nitrogens with zero attached hydrogens (tertiary/aromatic N) is 4. The van der Waals surface area contributed by atoms with Gasteiger partial charge in [0.15, 0.2) is 39.1 Å². The van der Waals surface area contributed by atoms with Crippen LogP contribution in [0.1, 0.15) is 127 Å². The minimum atomic E-state index is -2.04. The summed E-state index contributed by atoms with van der Waals surface area (Å²) in [5, 5.41) is 17.7. The van der Waals surface area contributed by atoms with Gasteiger partial charge < -0.3 is 82.0 Å². The van der Waals surface area contributed by atoms with Gasteiger partial charge in [0, 0.05) is 77.3 Å². The Labute approximate surface area is 670 Å². The van der Waals surface area contributed by atoms with Crippen molar-refractivity contribution < 1.29 is 94.4 Å². The molecule has 628 valence electrons. The van der Waals surface area contributed by atoms with E-state index >= 15 is 0 Å². The van der Waals surface area contributed by atoms with Gasteiger partial charge in [-0.3, -0.25) is 33.6 Å². The number of nitrogens with one attached hydrogen (secondary N) is 3. The zero-order valence-electron chi connectivity index (χ0n) is 71.1. The Morgan fingerprint density at radius 1 is 0.411 bits per heavy atom. The summed E-state index contributed by atoms with van der Waals surface area (Å²) < 4.78 is 51.5. The predicted octanol–water partition coefficient (Wildman–Crippen LogP) is 11.8. The highest BCUT2D eigenvalue weighted by atomic mass is 28.4. The highest BCUT2D eigenvalue weighted by molar-refractivity contribution is 6.75. The molecule has 31 heteroatoms. The molecule has 7 atom stereocenters. The highest BCUT2D eigenvalue weighted by Crippen LogP contribution is 2.43. The lowest BCUT2D eigenvalue weighted by molar-refractivity contribution is -0.151. The summed E-state index contributed by atoms with van der Waals surface area (Å²) >= 11 is 0. The molecule has 4 fully saturated rings. The maximum absolute atomic E-state index is 13.0. The molecule has 0 saturated carbocycles. The van der Waals surface area contributed by atoms with Crippen molar-refractivity contribution in [3.63, 3.8) is 0 Å². The molecule has 7 rings (SSSR count). The molecular weight excluding hydrogens is 1500 g/mol. The number of rotatable bonds is 27. The molecule has 4 saturated heterocycles. The van der Waals surface area contributed by atoms with Gasteiger partial charge in [-0.25, -0.2) is 14.4 Å². The number of Topliss-reactive ketones (excluding diaryl/α,β-unsaturated/α-hetero) is 1. The van der Waals surface area contributed by atoms with E-state index in [0.29, 0.717) is 39.3 Å². The first-order valence-electron chi connectivity index (χ1n) is 39.1. The third-order valence-electron chi connectivity index (χ3n) is 22.3. The van der Waals surface area contributed by atoms with Gasteiger partial charge in [-0.2, -0.15) is 0 Å². The fraction of sp³-hybridized carbons (Fsp3) is 0.654. The smallest absolute Gasteiger partial charge is 0.407 e. The summed E-state index contributed by atoms with van der Waals surface area (Å²) in [6, 6.07) is 27.7. The van der Waals surface area contributed by atoms with Crippen LogP contribution in [-0.2, 0) is 94.8 Å². The van der Waals surface area contributed by atoms with Gasteiger partial charge in [-0.15, -0.1) is 0 Å². The van der Waals surface area contributed by atoms with E-state index in [-0.39, 0.29) is 141 Å². The zero-order chi connectivity index (χ0) is 84.4. The number of alkyl carbamates (subject to hydrolysis) is 3. The Kier molecular flexibility index (Phi) is 37.6. The molecule has 7 amide bonds. The number of β-amino-alcohol motifs (C(OH)–C–C–N with tert-alkyl or cyclic N) is 1.